The van der Waals surface area contributed by atoms with E-state index >= 15 is 0 Å². The number of hydrogen-bond donors (Lipinski definition) is 2. The smallest absolute Gasteiger partial charge is 0.133 e. The number of aromatic nitrogens is 1. The Bertz CT molecular complexity index is 356. The molecule has 0 aliphatic carbocycles. The highest BCUT2D eigenvalue weighted by atomic mass is 16.3. The van der Waals surface area contributed by atoms with Crippen LogP contribution in [0, 0.1) is 0 Å². The fourth-order valence-electron chi connectivity index (χ4n) is 2.49. The van der Waals surface area contributed by atoms with Crippen molar-refractivity contribution in [3.8, 4) is 0 Å². The summed E-state index contributed by atoms with van der Waals surface area (Å²) < 4.78 is 0. The minimum absolute atomic E-state index is 0.218. The zero-order valence-corrected chi connectivity index (χ0v) is 10.4. The molecular formula is C13H21N3O. The van der Waals surface area contributed by atoms with Crippen molar-refractivity contribution in [3.05, 3.63) is 23.9 Å². The molecule has 0 amide bonds. The van der Waals surface area contributed by atoms with Crippen molar-refractivity contribution in [2.45, 2.75) is 31.8 Å². The van der Waals surface area contributed by atoms with E-state index in [2.05, 4.69) is 21.3 Å². The normalized spacial score (nSPS) is 20.6. The Hall–Kier alpha value is -1.13. The van der Waals surface area contributed by atoms with Gasteiger partial charge < -0.3 is 15.3 Å². The minimum atomic E-state index is 0.218. The van der Waals surface area contributed by atoms with Crippen LogP contribution in [0.5, 0.6) is 0 Å². The molecule has 2 heterocycles. The summed E-state index contributed by atoms with van der Waals surface area (Å²) >= 11 is 0. The molecule has 0 aromatic carbocycles. The van der Waals surface area contributed by atoms with Crippen molar-refractivity contribution in [3.63, 3.8) is 0 Å². The molecule has 0 saturated carbocycles. The standard InChI is InChI=1S/C13H21N3O/c1-14-9-11-5-4-7-15-13(11)16-8-3-2-6-12(16)10-17/h4-5,7,12,14,17H,2-3,6,8-10H2,1H3. The van der Waals surface area contributed by atoms with Gasteiger partial charge in [0.25, 0.3) is 0 Å². The van der Waals surface area contributed by atoms with Gasteiger partial charge in [-0.25, -0.2) is 4.98 Å². The van der Waals surface area contributed by atoms with Crippen LogP contribution in [0.2, 0.25) is 0 Å². The quantitative estimate of drug-likeness (QED) is 0.822. The molecule has 94 valence electrons. The van der Waals surface area contributed by atoms with Crippen LogP contribution < -0.4 is 10.2 Å². The lowest BCUT2D eigenvalue weighted by molar-refractivity contribution is 0.239. The molecule has 1 aliphatic heterocycles. The zero-order valence-electron chi connectivity index (χ0n) is 10.4. The maximum atomic E-state index is 9.46. The van der Waals surface area contributed by atoms with Crippen LogP contribution in [-0.2, 0) is 6.54 Å². The van der Waals surface area contributed by atoms with Gasteiger partial charge in [0.2, 0.25) is 0 Å². The van der Waals surface area contributed by atoms with Gasteiger partial charge in [0.05, 0.1) is 12.6 Å². The third-order valence-electron chi connectivity index (χ3n) is 3.34. The second-order valence-corrected chi connectivity index (χ2v) is 4.54. The van der Waals surface area contributed by atoms with Crippen molar-refractivity contribution >= 4 is 5.82 Å². The highest BCUT2D eigenvalue weighted by Gasteiger charge is 2.24. The topological polar surface area (TPSA) is 48.4 Å². The third-order valence-corrected chi connectivity index (χ3v) is 3.34. The van der Waals surface area contributed by atoms with Gasteiger partial charge in [0.1, 0.15) is 5.82 Å². The van der Waals surface area contributed by atoms with Gasteiger partial charge in [0.15, 0.2) is 0 Å². The first-order chi connectivity index (χ1) is 8.36. The van der Waals surface area contributed by atoms with Crippen LogP contribution in [0.1, 0.15) is 24.8 Å². The number of piperidine rings is 1. The summed E-state index contributed by atoms with van der Waals surface area (Å²) in [5.41, 5.74) is 1.20. The number of nitrogens with zero attached hydrogens (tertiary/aromatic N) is 2. The molecule has 1 aliphatic rings. The van der Waals surface area contributed by atoms with E-state index < -0.39 is 0 Å². The van der Waals surface area contributed by atoms with E-state index in [1.165, 1.54) is 18.4 Å². The molecule has 0 radical (unpaired) electrons. The molecular weight excluding hydrogens is 214 g/mol. The molecule has 4 nitrogen and oxygen atoms in total. The van der Waals surface area contributed by atoms with Crippen LogP contribution >= 0.6 is 0 Å². The second kappa shape index (κ2) is 5.98. The number of anilines is 1. The van der Waals surface area contributed by atoms with Crippen LogP contribution in [0.4, 0.5) is 5.82 Å². The summed E-state index contributed by atoms with van der Waals surface area (Å²) in [6.07, 6.45) is 5.28. The Morgan fingerprint density at radius 2 is 2.41 bits per heavy atom. The van der Waals surface area contributed by atoms with E-state index in [1.54, 1.807) is 0 Å². The van der Waals surface area contributed by atoms with Crippen LogP contribution in [0.3, 0.4) is 0 Å². The van der Waals surface area contributed by atoms with Crippen molar-refractivity contribution in [1.82, 2.24) is 10.3 Å². The lowest BCUT2D eigenvalue weighted by Gasteiger charge is -2.36. The van der Waals surface area contributed by atoms with Gasteiger partial charge in [-0.3, -0.25) is 0 Å². The van der Waals surface area contributed by atoms with Crippen LogP contribution in [-0.4, -0.2) is 36.3 Å². The van der Waals surface area contributed by atoms with Crippen molar-refractivity contribution < 1.29 is 5.11 Å². The van der Waals surface area contributed by atoms with E-state index in [-0.39, 0.29) is 12.6 Å². The Balaban J connectivity index is 2.24. The van der Waals surface area contributed by atoms with E-state index in [0.29, 0.717) is 0 Å². The predicted octanol–water partition coefficient (Wildman–Crippen LogP) is 1.15. The number of nitrogens with one attached hydrogen (secondary N) is 1. The molecule has 1 aromatic rings. The third kappa shape index (κ3) is 2.76. The molecule has 4 heteroatoms. The molecule has 1 aromatic heterocycles. The molecule has 17 heavy (non-hydrogen) atoms. The SMILES string of the molecule is CNCc1cccnc1N1CCCCC1CO. The number of hydrogen-bond acceptors (Lipinski definition) is 4. The molecule has 1 fully saturated rings. The summed E-state index contributed by atoms with van der Waals surface area (Å²) in [6, 6.07) is 4.30. The Labute approximate surface area is 103 Å². The lowest BCUT2D eigenvalue weighted by atomic mass is 10.0. The van der Waals surface area contributed by atoms with E-state index in [4.69, 9.17) is 0 Å². The Morgan fingerprint density at radius 3 is 3.18 bits per heavy atom. The predicted molar refractivity (Wildman–Crippen MR) is 69.1 cm³/mol. The maximum Gasteiger partial charge on any atom is 0.133 e. The van der Waals surface area contributed by atoms with Crippen LogP contribution in [0.25, 0.3) is 0 Å². The fraction of sp³-hybridized carbons (Fsp3) is 0.615. The van der Waals surface area contributed by atoms with E-state index in [1.807, 2.05) is 19.3 Å². The van der Waals surface area contributed by atoms with Gasteiger partial charge in [0, 0.05) is 24.8 Å². The largest absolute Gasteiger partial charge is 0.394 e. The summed E-state index contributed by atoms with van der Waals surface area (Å²) in [6.45, 7) is 2.03. The lowest BCUT2D eigenvalue weighted by Crippen LogP contribution is -2.43. The molecule has 1 atom stereocenters. The second-order valence-electron chi connectivity index (χ2n) is 4.54. The van der Waals surface area contributed by atoms with Crippen molar-refractivity contribution in [2.24, 2.45) is 0 Å². The number of pyridine rings is 1. The average molecular weight is 235 g/mol. The van der Waals surface area contributed by atoms with Crippen molar-refractivity contribution in [2.75, 3.05) is 25.1 Å². The van der Waals surface area contributed by atoms with Crippen molar-refractivity contribution in [1.29, 1.82) is 0 Å². The van der Waals surface area contributed by atoms with Gasteiger partial charge in [-0.05, 0) is 32.4 Å². The summed E-state index contributed by atoms with van der Waals surface area (Å²) in [5, 5.41) is 12.6. The first-order valence-corrected chi connectivity index (χ1v) is 6.33. The molecule has 0 bridgehead atoms. The summed E-state index contributed by atoms with van der Waals surface area (Å²) in [7, 11) is 1.94. The monoisotopic (exact) mass is 235 g/mol. The average Bonchev–Trinajstić information content (AvgIpc) is 2.40. The van der Waals surface area contributed by atoms with Gasteiger partial charge >= 0.3 is 0 Å². The number of aliphatic hydroxyl groups excluding tert-OH is 1. The Kier molecular flexibility index (Phi) is 4.34. The molecule has 2 rings (SSSR count). The fourth-order valence-corrected chi connectivity index (χ4v) is 2.49. The minimum Gasteiger partial charge on any atom is -0.394 e. The van der Waals surface area contributed by atoms with Gasteiger partial charge in [-0.1, -0.05) is 6.07 Å². The Morgan fingerprint density at radius 1 is 1.53 bits per heavy atom. The first-order valence-electron chi connectivity index (χ1n) is 6.33. The summed E-state index contributed by atoms with van der Waals surface area (Å²) in [5.74, 6) is 1.03. The molecule has 0 spiro atoms. The number of rotatable bonds is 4. The van der Waals surface area contributed by atoms with Gasteiger partial charge in [-0.2, -0.15) is 0 Å². The van der Waals surface area contributed by atoms with Gasteiger partial charge in [-0.15, -0.1) is 0 Å². The molecule has 2 N–H and O–H groups in total. The molecule has 1 unspecified atom stereocenters. The zero-order chi connectivity index (χ0) is 12.1. The number of aliphatic hydroxyl groups is 1. The van der Waals surface area contributed by atoms with E-state index in [9.17, 15) is 5.11 Å². The highest BCUT2D eigenvalue weighted by Crippen LogP contribution is 2.25. The maximum absolute atomic E-state index is 9.46. The first kappa shape index (κ1) is 12.3. The molecule has 1 saturated heterocycles. The summed E-state index contributed by atoms with van der Waals surface area (Å²) in [4.78, 5) is 6.75. The van der Waals surface area contributed by atoms with Crippen LogP contribution in [0.15, 0.2) is 18.3 Å². The van der Waals surface area contributed by atoms with E-state index in [0.717, 1.165) is 25.3 Å². The highest BCUT2D eigenvalue weighted by molar-refractivity contribution is 5.48.